The summed E-state index contributed by atoms with van der Waals surface area (Å²) in [7, 11) is 0. The molecular formula is C12H16ClN. The first-order valence-electron chi connectivity index (χ1n) is 4.81. The van der Waals surface area contributed by atoms with Gasteiger partial charge >= 0.3 is 0 Å². The van der Waals surface area contributed by atoms with Crippen LogP contribution in [0.3, 0.4) is 0 Å². The molecule has 1 aromatic rings. The Morgan fingerprint density at radius 1 is 1.57 bits per heavy atom. The minimum Gasteiger partial charge on any atom is -0.307 e. The number of halogens is 1. The molecule has 0 aliphatic heterocycles. The highest BCUT2D eigenvalue weighted by Gasteiger charge is 2.06. The Hall–Kier alpha value is -0.790. The maximum atomic E-state index is 6.05. The average Bonchev–Trinajstić information content (AvgIpc) is 2.19. The maximum Gasteiger partial charge on any atom is 0.0504 e. The van der Waals surface area contributed by atoms with Crippen molar-refractivity contribution in [3.05, 3.63) is 47.0 Å². The largest absolute Gasteiger partial charge is 0.307 e. The number of hydrogen-bond donors (Lipinski definition) is 1. The highest BCUT2D eigenvalue weighted by molar-refractivity contribution is 6.31. The molecular weight excluding hydrogens is 194 g/mol. The second-order valence-electron chi connectivity index (χ2n) is 3.28. The number of hydrogen-bond acceptors (Lipinski definition) is 1. The van der Waals surface area contributed by atoms with E-state index in [1.807, 2.05) is 25.1 Å². The molecule has 0 bridgehead atoms. The summed E-state index contributed by atoms with van der Waals surface area (Å²) in [5.74, 6) is 0. The van der Waals surface area contributed by atoms with Crippen molar-refractivity contribution in [2.75, 3.05) is 6.54 Å². The topological polar surface area (TPSA) is 12.0 Å². The van der Waals surface area contributed by atoms with Crippen molar-refractivity contribution in [3.63, 3.8) is 0 Å². The zero-order chi connectivity index (χ0) is 10.6. The molecule has 2 heteroatoms. The molecule has 0 amide bonds. The Kier molecular flexibility index (Phi) is 4.18. The molecule has 0 radical (unpaired) electrons. The monoisotopic (exact) mass is 209 g/mol. The lowest BCUT2D eigenvalue weighted by atomic mass is 10.1. The summed E-state index contributed by atoms with van der Waals surface area (Å²) < 4.78 is 0. The van der Waals surface area contributed by atoms with Crippen LogP contribution in [-0.2, 0) is 0 Å². The summed E-state index contributed by atoms with van der Waals surface area (Å²) >= 11 is 6.05. The van der Waals surface area contributed by atoms with Crippen molar-refractivity contribution in [2.24, 2.45) is 0 Å². The minimum atomic E-state index is 0.193. The van der Waals surface area contributed by atoms with Crippen LogP contribution in [0.4, 0.5) is 0 Å². The van der Waals surface area contributed by atoms with E-state index in [4.69, 9.17) is 11.6 Å². The number of benzene rings is 1. The van der Waals surface area contributed by atoms with E-state index in [1.54, 1.807) is 0 Å². The van der Waals surface area contributed by atoms with E-state index in [9.17, 15) is 0 Å². The fourth-order valence-electron chi connectivity index (χ4n) is 1.36. The summed E-state index contributed by atoms with van der Waals surface area (Å²) in [6.07, 6.45) is 1.89. The van der Waals surface area contributed by atoms with Gasteiger partial charge in [0.2, 0.25) is 0 Å². The fourth-order valence-corrected chi connectivity index (χ4v) is 1.55. The van der Waals surface area contributed by atoms with E-state index in [0.29, 0.717) is 0 Å². The van der Waals surface area contributed by atoms with E-state index in [0.717, 1.165) is 22.7 Å². The normalized spacial score (nSPS) is 12.5. The van der Waals surface area contributed by atoms with Crippen LogP contribution in [0.5, 0.6) is 0 Å². The lowest BCUT2D eigenvalue weighted by Gasteiger charge is -2.14. The first-order valence-corrected chi connectivity index (χ1v) is 5.18. The third-order valence-corrected chi connectivity index (χ3v) is 2.62. The van der Waals surface area contributed by atoms with Gasteiger partial charge in [0.15, 0.2) is 0 Å². The van der Waals surface area contributed by atoms with Crippen molar-refractivity contribution < 1.29 is 0 Å². The van der Waals surface area contributed by atoms with Gasteiger partial charge in [0, 0.05) is 5.02 Å². The van der Waals surface area contributed by atoms with Gasteiger partial charge in [-0.2, -0.15) is 0 Å². The fraction of sp³-hybridized carbons (Fsp3) is 0.333. The van der Waals surface area contributed by atoms with Gasteiger partial charge in [-0.15, -0.1) is 6.58 Å². The van der Waals surface area contributed by atoms with E-state index < -0.39 is 0 Å². The van der Waals surface area contributed by atoms with Gasteiger partial charge in [0.05, 0.1) is 6.04 Å². The number of nitrogens with one attached hydrogen (secondary N) is 1. The van der Waals surface area contributed by atoms with E-state index >= 15 is 0 Å². The Labute approximate surface area is 90.8 Å². The predicted molar refractivity (Wildman–Crippen MR) is 62.8 cm³/mol. The molecule has 0 spiro atoms. The van der Waals surface area contributed by atoms with Crippen LogP contribution in [0, 0.1) is 6.92 Å². The van der Waals surface area contributed by atoms with E-state index in [2.05, 4.69) is 24.9 Å². The van der Waals surface area contributed by atoms with Crippen LogP contribution < -0.4 is 5.32 Å². The lowest BCUT2D eigenvalue weighted by molar-refractivity contribution is 0.649. The summed E-state index contributed by atoms with van der Waals surface area (Å²) in [6, 6.07) is 6.30. The van der Waals surface area contributed by atoms with Crippen LogP contribution >= 0.6 is 11.6 Å². The molecule has 1 unspecified atom stereocenters. The first-order chi connectivity index (χ1) is 6.69. The number of likely N-dealkylation sites (N-methyl/N-ethyl adjacent to an activating group) is 1. The van der Waals surface area contributed by atoms with Crippen molar-refractivity contribution >= 4 is 11.6 Å². The zero-order valence-electron chi connectivity index (χ0n) is 8.68. The number of rotatable bonds is 4. The Balaban J connectivity index is 2.93. The van der Waals surface area contributed by atoms with Crippen molar-refractivity contribution in [3.8, 4) is 0 Å². The minimum absolute atomic E-state index is 0.193. The van der Waals surface area contributed by atoms with Crippen LogP contribution in [0.2, 0.25) is 5.02 Å². The van der Waals surface area contributed by atoms with Crippen molar-refractivity contribution in [1.82, 2.24) is 5.32 Å². The zero-order valence-corrected chi connectivity index (χ0v) is 9.43. The molecule has 0 aromatic heterocycles. The Morgan fingerprint density at radius 3 is 2.79 bits per heavy atom. The molecule has 1 N–H and O–H groups in total. The Morgan fingerprint density at radius 2 is 2.29 bits per heavy atom. The van der Waals surface area contributed by atoms with Gasteiger partial charge in [-0.25, -0.2) is 0 Å². The highest BCUT2D eigenvalue weighted by atomic mass is 35.5. The molecule has 1 atom stereocenters. The predicted octanol–water partition coefficient (Wildman–Crippen LogP) is 3.49. The Bertz CT molecular complexity index is 320. The third-order valence-electron chi connectivity index (χ3n) is 2.21. The molecule has 0 aliphatic rings. The SMILES string of the molecule is C=CC(NCC)c1ccc(C)c(Cl)c1. The number of aryl methyl sites for hydroxylation is 1. The third kappa shape index (κ3) is 2.60. The molecule has 0 saturated carbocycles. The van der Waals surface area contributed by atoms with Crippen molar-refractivity contribution in [1.29, 1.82) is 0 Å². The average molecular weight is 210 g/mol. The first kappa shape index (κ1) is 11.3. The van der Waals surface area contributed by atoms with Crippen LogP contribution in [0.25, 0.3) is 0 Å². The molecule has 0 heterocycles. The maximum absolute atomic E-state index is 6.05. The smallest absolute Gasteiger partial charge is 0.0504 e. The van der Waals surface area contributed by atoms with Gasteiger partial charge in [-0.1, -0.05) is 36.7 Å². The molecule has 0 fully saturated rings. The van der Waals surface area contributed by atoms with Crippen molar-refractivity contribution in [2.45, 2.75) is 19.9 Å². The molecule has 1 rings (SSSR count). The van der Waals surface area contributed by atoms with E-state index in [1.165, 1.54) is 0 Å². The molecule has 0 aliphatic carbocycles. The second kappa shape index (κ2) is 5.18. The van der Waals surface area contributed by atoms with Gasteiger partial charge in [-0.3, -0.25) is 0 Å². The van der Waals surface area contributed by atoms with Crippen LogP contribution in [0.15, 0.2) is 30.9 Å². The molecule has 76 valence electrons. The molecule has 1 aromatic carbocycles. The van der Waals surface area contributed by atoms with Gasteiger partial charge in [0.25, 0.3) is 0 Å². The summed E-state index contributed by atoms with van der Waals surface area (Å²) in [4.78, 5) is 0. The second-order valence-corrected chi connectivity index (χ2v) is 3.69. The van der Waals surface area contributed by atoms with Crippen LogP contribution in [-0.4, -0.2) is 6.54 Å². The molecule has 0 saturated heterocycles. The highest BCUT2D eigenvalue weighted by Crippen LogP contribution is 2.21. The summed E-state index contributed by atoms with van der Waals surface area (Å²) in [5, 5.41) is 4.13. The van der Waals surface area contributed by atoms with Gasteiger partial charge in [-0.05, 0) is 30.7 Å². The van der Waals surface area contributed by atoms with E-state index in [-0.39, 0.29) is 6.04 Å². The quantitative estimate of drug-likeness (QED) is 0.749. The molecule has 1 nitrogen and oxygen atoms in total. The summed E-state index contributed by atoms with van der Waals surface area (Å²) in [5.41, 5.74) is 2.27. The van der Waals surface area contributed by atoms with Crippen LogP contribution in [0.1, 0.15) is 24.1 Å². The summed E-state index contributed by atoms with van der Waals surface area (Å²) in [6.45, 7) is 8.80. The van der Waals surface area contributed by atoms with Gasteiger partial charge < -0.3 is 5.32 Å². The lowest BCUT2D eigenvalue weighted by Crippen LogP contribution is -2.18. The van der Waals surface area contributed by atoms with Gasteiger partial charge in [0.1, 0.15) is 0 Å². The molecule has 14 heavy (non-hydrogen) atoms. The standard InChI is InChI=1S/C12H16ClN/c1-4-12(14-5-2)10-7-6-9(3)11(13)8-10/h4,6-8,12,14H,1,5H2,2-3H3.